The highest BCUT2D eigenvalue weighted by atomic mass is 14.0. The van der Waals surface area contributed by atoms with E-state index in [0.717, 1.165) is 5.57 Å². The molecule has 0 atom stereocenters. The highest BCUT2D eigenvalue weighted by Crippen LogP contribution is 2.12. The van der Waals surface area contributed by atoms with Crippen molar-refractivity contribution in [1.82, 2.24) is 0 Å². The van der Waals surface area contributed by atoms with Crippen LogP contribution in [0.5, 0.6) is 0 Å². The van der Waals surface area contributed by atoms with Gasteiger partial charge in [-0.25, -0.2) is 0 Å². The Morgan fingerprint density at radius 2 is 1.69 bits per heavy atom. The molecule has 0 nitrogen and oxygen atoms in total. The molecule has 0 radical (unpaired) electrons. The molecule has 70 valence electrons. The molecule has 0 aliphatic heterocycles. The highest BCUT2D eigenvalue weighted by molar-refractivity contribution is 5.46. The van der Waals surface area contributed by atoms with Crippen molar-refractivity contribution >= 4 is 0 Å². The second-order valence-corrected chi connectivity index (χ2v) is 2.60. The summed E-state index contributed by atoms with van der Waals surface area (Å²) in [7, 11) is 0. The molecule has 0 N–H and O–H groups in total. The lowest BCUT2D eigenvalue weighted by molar-refractivity contribution is 1.49. The first-order valence-corrected chi connectivity index (χ1v) is 4.54. The first-order chi connectivity index (χ1) is 6.29. The van der Waals surface area contributed by atoms with E-state index in [9.17, 15) is 0 Å². The van der Waals surface area contributed by atoms with Crippen LogP contribution in [0.25, 0.3) is 0 Å². The number of hydrogen-bond donors (Lipinski definition) is 0. The Morgan fingerprint density at radius 1 is 1.00 bits per heavy atom. The number of hydrogen-bond acceptors (Lipinski definition) is 0. The molecular weight excluding hydrogens is 156 g/mol. The Morgan fingerprint density at radius 3 is 2.08 bits per heavy atom. The lowest BCUT2D eigenvalue weighted by Crippen LogP contribution is -1.81. The molecule has 0 saturated heterocycles. The molecule has 0 bridgehead atoms. The number of rotatable bonds is 4. The fourth-order valence-electron chi connectivity index (χ4n) is 1.03. The van der Waals surface area contributed by atoms with Crippen LogP contribution in [0.3, 0.4) is 0 Å². The Bertz CT molecular complexity index is 260. The van der Waals surface area contributed by atoms with Gasteiger partial charge in [-0.05, 0) is 31.9 Å². The van der Waals surface area contributed by atoms with Crippen molar-refractivity contribution < 1.29 is 0 Å². The van der Waals surface area contributed by atoms with Gasteiger partial charge in [0.15, 0.2) is 0 Å². The van der Waals surface area contributed by atoms with E-state index >= 15 is 0 Å². The summed E-state index contributed by atoms with van der Waals surface area (Å²) in [5.74, 6) is 0. The van der Waals surface area contributed by atoms with Gasteiger partial charge in [0.05, 0.1) is 0 Å². The maximum absolute atomic E-state index is 3.78. The first kappa shape index (κ1) is 11.7. The van der Waals surface area contributed by atoms with Gasteiger partial charge in [0, 0.05) is 0 Å². The van der Waals surface area contributed by atoms with Crippen molar-refractivity contribution in [2.75, 3.05) is 0 Å². The fraction of sp³-hybridized carbons (Fsp3) is 0.231. The van der Waals surface area contributed by atoms with E-state index in [1.54, 1.807) is 0 Å². The zero-order valence-electron chi connectivity index (χ0n) is 8.75. The predicted octanol–water partition coefficient (Wildman–Crippen LogP) is 4.20. The summed E-state index contributed by atoms with van der Waals surface area (Å²) >= 11 is 0. The molecule has 0 aromatic heterocycles. The van der Waals surface area contributed by atoms with Gasteiger partial charge in [0.25, 0.3) is 0 Å². The Balaban J connectivity index is 4.89. The summed E-state index contributed by atoms with van der Waals surface area (Å²) in [5, 5.41) is 0. The van der Waals surface area contributed by atoms with Crippen molar-refractivity contribution in [2.45, 2.75) is 20.8 Å². The maximum atomic E-state index is 3.78. The van der Waals surface area contributed by atoms with Crippen molar-refractivity contribution in [2.24, 2.45) is 0 Å². The molecular formula is C13H18. The van der Waals surface area contributed by atoms with Gasteiger partial charge in [-0.15, -0.1) is 0 Å². The van der Waals surface area contributed by atoms with Crippen LogP contribution in [-0.4, -0.2) is 0 Å². The molecule has 0 aromatic carbocycles. The van der Waals surface area contributed by atoms with E-state index in [4.69, 9.17) is 0 Å². The van der Waals surface area contributed by atoms with Gasteiger partial charge in [-0.1, -0.05) is 49.1 Å². The van der Waals surface area contributed by atoms with Gasteiger partial charge in [-0.2, -0.15) is 0 Å². The van der Waals surface area contributed by atoms with Crippen LogP contribution in [0.1, 0.15) is 20.8 Å². The van der Waals surface area contributed by atoms with E-state index in [2.05, 4.69) is 24.8 Å². The van der Waals surface area contributed by atoms with Crippen LogP contribution in [0, 0.1) is 0 Å². The van der Waals surface area contributed by atoms with Crippen LogP contribution in [0.4, 0.5) is 0 Å². The monoisotopic (exact) mass is 174 g/mol. The third kappa shape index (κ3) is 4.32. The summed E-state index contributed by atoms with van der Waals surface area (Å²) < 4.78 is 0. The Kier molecular flexibility index (Phi) is 6.62. The summed E-state index contributed by atoms with van der Waals surface area (Å²) in [4.78, 5) is 0. The fourth-order valence-corrected chi connectivity index (χ4v) is 1.03. The van der Waals surface area contributed by atoms with E-state index in [1.165, 1.54) is 5.57 Å². The van der Waals surface area contributed by atoms with Gasteiger partial charge in [0.2, 0.25) is 0 Å². The Hall–Kier alpha value is -1.30. The average molecular weight is 174 g/mol. The summed E-state index contributed by atoms with van der Waals surface area (Å²) in [6.45, 7) is 9.81. The van der Waals surface area contributed by atoms with Crippen LogP contribution >= 0.6 is 0 Å². The summed E-state index contributed by atoms with van der Waals surface area (Å²) in [6.07, 6.45) is 14.2. The maximum Gasteiger partial charge on any atom is -0.0191 e. The summed E-state index contributed by atoms with van der Waals surface area (Å²) in [5.41, 5.74) is 2.36. The van der Waals surface area contributed by atoms with E-state index < -0.39 is 0 Å². The molecule has 0 amide bonds. The van der Waals surface area contributed by atoms with E-state index in [1.807, 2.05) is 45.1 Å². The topological polar surface area (TPSA) is 0 Å². The molecule has 0 unspecified atom stereocenters. The van der Waals surface area contributed by atoms with Crippen molar-refractivity contribution in [1.29, 1.82) is 0 Å². The predicted molar refractivity (Wildman–Crippen MR) is 61.7 cm³/mol. The van der Waals surface area contributed by atoms with Crippen LogP contribution in [0.2, 0.25) is 0 Å². The van der Waals surface area contributed by atoms with Crippen LogP contribution in [-0.2, 0) is 0 Å². The zero-order valence-corrected chi connectivity index (χ0v) is 8.75. The zero-order chi connectivity index (χ0) is 10.1. The third-order valence-corrected chi connectivity index (χ3v) is 1.68. The second-order valence-electron chi connectivity index (χ2n) is 2.60. The van der Waals surface area contributed by atoms with Crippen molar-refractivity contribution in [3.63, 3.8) is 0 Å². The van der Waals surface area contributed by atoms with Gasteiger partial charge < -0.3 is 0 Å². The van der Waals surface area contributed by atoms with Crippen LogP contribution in [0.15, 0.2) is 60.3 Å². The molecule has 0 spiro atoms. The highest BCUT2D eigenvalue weighted by Gasteiger charge is 1.93. The molecule has 13 heavy (non-hydrogen) atoms. The smallest absolute Gasteiger partial charge is 0.0191 e. The number of allylic oxidation sites excluding steroid dienone is 9. The summed E-state index contributed by atoms with van der Waals surface area (Å²) in [6, 6.07) is 0. The molecule has 0 fully saturated rings. The SMILES string of the molecule is C=CC(=C\C)/C(/C=C\C)=C/C=C\C. The largest absolute Gasteiger partial charge is 0.0985 e. The van der Waals surface area contributed by atoms with E-state index in [0.29, 0.717) is 0 Å². The molecule has 0 aliphatic rings. The molecule has 0 heteroatoms. The Labute approximate surface area is 81.7 Å². The molecule has 0 saturated carbocycles. The van der Waals surface area contributed by atoms with Gasteiger partial charge >= 0.3 is 0 Å². The standard InChI is InChI=1S/C13H18/c1-5-9-11-13(10-6-2)12(7-3)8-4/h5-11H,3H2,1-2,4H3/b9-5-,10-6-,12-8+,13-11+. The van der Waals surface area contributed by atoms with Crippen molar-refractivity contribution in [3.8, 4) is 0 Å². The van der Waals surface area contributed by atoms with Crippen LogP contribution < -0.4 is 0 Å². The van der Waals surface area contributed by atoms with Gasteiger partial charge in [-0.3, -0.25) is 0 Å². The van der Waals surface area contributed by atoms with E-state index in [-0.39, 0.29) is 0 Å². The normalized spacial score (nSPS) is 14.4. The quantitative estimate of drug-likeness (QED) is 0.560. The average Bonchev–Trinajstić information content (AvgIpc) is 2.16. The minimum Gasteiger partial charge on any atom is -0.0985 e. The molecule has 0 aromatic rings. The first-order valence-electron chi connectivity index (χ1n) is 4.54. The minimum atomic E-state index is 1.16. The molecule has 0 rings (SSSR count). The lowest BCUT2D eigenvalue weighted by Gasteiger charge is -2.00. The third-order valence-electron chi connectivity index (χ3n) is 1.68. The lowest BCUT2D eigenvalue weighted by atomic mass is 10.1. The van der Waals surface area contributed by atoms with Crippen molar-refractivity contribution in [3.05, 3.63) is 60.3 Å². The van der Waals surface area contributed by atoms with Gasteiger partial charge in [0.1, 0.15) is 0 Å². The molecule has 0 heterocycles. The second kappa shape index (κ2) is 7.35. The molecule has 0 aliphatic carbocycles. The minimum absolute atomic E-state index is 1.16.